The number of alkyl halides is 1. The van der Waals surface area contributed by atoms with Crippen LogP contribution in [-0.2, 0) is 4.79 Å². The molecule has 2 aliphatic rings. The SMILES string of the molecule is O=C1C(Br)=CN=C2C1=C(F)C=CC2F. The quantitative estimate of drug-likeness (QED) is 0.657. The molecule has 1 aliphatic heterocycles. The highest BCUT2D eigenvalue weighted by molar-refractivity contribution is 9.12. The summed E-state index contributed by atoms with van der Waals surface area (Å²) < 4.78 is 26.5. The van der Waals surface area contributed by atoms with Crippen molar-refractivity contribution in [3.8, 4) is 0 Å². The maximum absolute atomic E-state index is 13.2. The Labute approximate surface area is 86.8 Å². The highest BCUT2D eigenvalue weighted by atomic mass is 79.9. The van der Waals surface area contributed by atoms with Gasteiger partial charge < -0.3 is 0 Å². The molecule has 0 aromatic heterocycles. The van der Waals surface area contributed by atoms with Crippen molar-refractivity contribution in [1.82, 2.24) is 0 Å². The molecule has 0 spiro atoms. The molecule has 72 valence electrons. The third-order valence-corrected chi connectivity index (χ3v) is 2.49. The van der Waals surface area contributed by atoms with E-state index in [9.17, 15) is 13.6 Å². The Bertz CT molecular complexity index is 434. The van der Waals surface area contributed by atoms with Crippen LogP contribution in [0.25, 0.3) is 0 Å². The van der Waals surface area contributed by atoms with Crippen molar-refractivity contribution in [3.63, 3.8) is 0 Å². The minimum absolute atomic E-state index is 0.133. The molecule has 0 fully saturated rings. The molecule has 0 bridgehead atoms. The van der Waals surface area contributed by atoms with Crippen molar-refractivity contribution in [2.75, 3.05) is 0 Å². The first-order valence-electron chi connectivity index (χ1n) is 3.81. The van der Waals surface area contributed by atoms with E-state index in [1.54, 1.807) is 0 Å². The standard InChI is InChI=1S/C9H4BrF2NO/c10-4-3-13-8-6(12)2-1-5(11)7(8)9(4)14/h1-3,6H. The number of nitrogens with zero attached hydrogens (tertiary/aromatic N) is 1. The second-order valence-electron chi connectivity index (χ2n) is 2.80. The monoisotopic (exact) mass is 259 g/mol. The van der Waals surface area contributed by atoms with Crippen LogP contribution in [0, 0.1) is 0 Å². The van der Waals surface area contributed by atoms with Gasteiger partial charge in [-0.3, -0.25) is 9.79 Å². The largest absolute Gasteiger partial charge is 0.288 e. The summed E-state index contributed by atoms with van der Waals surface area (Å²) in [5, 5.41) is 0. The van der Waals surface area contributed by atoms with Crippen molar-refractivity contribution in [2.24, 2.45) is 4.99 Å². The van der Waals surface area contributed by atoms with Gasteiger partial charge in [0.05, 0.1) is 15.8 Å². The minimum Gasteiger partial charge on any atom is -0.288 e. The fraction of sp³-hybridized carbons (Fsp3) is 0.111. The molecule has 0 aromatic carbocycles. The van der Waals surface area contributed by atoms with Crippen molar-refractivity contribution < 1.29 is 13.6 Å². The number of rotatable bonds is 0. The molecule has 5 heteroatoms. The molecule has 0 aromatic rings. The van der Waals surface area contributed by atoms with E-state index in [1.165, 1.54) is 6.20 Å². The summed E-state index contributed by atoms with van der Waals surface area (Å²) in [5.41, 5.74) is -0.437. The first-order valence-corrected chi connectivity index (χ1v) is 4.61. The highest BCUT2D eigenvalue weighted by Crippen LogP contribution is 2.28. The van der Waals surface area contributed by atoms with Gasteiger partial charge in [-0.05, 0) is 28.1 Å². The summed E-state index contributed by atoms with van der Waals surface area (Å²) in [7, 11) is 0. The van der Waals surface area contributed by atoms with Gasteiger partial charge in [-0.1, -0.05) is 0 Å². The topological polar surface area (TPSA) is 29.4 Å². The summed E-state index contributed by atoms with van der Waals surface area (Å²) in [5.74, 6) is -1.31. The molecule has 2 nitrogen and oxygen atoms in total. The molecule has 0 saturated heterocycles. The summed E-state index contributed by atoms with van der Waals surface area (Å²) in [6.45, 7) is 0. The number of ketones is 1. The number of Topliss-reactive ketones (excluding diaryl/α,β-unsaturated/α-hetero) is 1. The number of carbonyl (C=O) groups is 1. The van der Waals surface area contributed by atoms with Crippen molar-refractivity contribution in [2.45, 2.75) is 6.17 Å². The fourth-order valence-electron chi connectivity index (χ4n) is 1.27. The number of halogens is 3. The zero-order valence-corrected chi connectivity index (χ0v) is 8.38. The number of allylic oxidation sites excluding steroid dienone is 5. The van der Waals surface area contributed by atoms with E-state index in [0.29, 0.717) is 0 Å². The predicted octanol–water partition coefficient (Wildman–Crippen LogP) is 2.38. The lowest BCUT2D eigenvalue weighted by molar-refractivity contribution is -0.111. The number of hydrogen-bond donors (Lipinski definition) is 0. The zero-order valence-electron chi connectivity index (χ0n) is 6.80. The lowest BCUT2D eigenvalue weighted by Gasteiger charge is -2.17. The van der Waals surface area contributed by atoms with Crippen LogP contribution in [0.2, 0.25) is 0 Å². The maximum atomic E-state index is 13.2. The Kier molecular flexibility index (Phi) is 2.19. The van der Waals surface area contributed by atoms with Crippen molar-refractivity contribution in [1.29, 1.82) is 0 Å². The van der Waals surface area contributed by atoms with Crippen LogP contribution in [0.3, 0.4) is 0 Å². The van der Waals surface area contributed by atoms with Gasteiger partial charge >= 0.3 is 0 Å². The van der Waals surface area contributed by atoms with E-state index < -0.39 is 17.8 Å². The third kappa shape index (κ3) is 1.28. The molecule has 1 unspecified atom stereocenters. The summed E-state index contributed by atoms with van der Waals surface area (Å²) in [4.78, 5) is 15.1. The van der Waals surface area contributed by atoms with Crippen LogP contribution >= 0.6 is 15.9 Å². The molecule has 1 heterocycles. The number of aliphatic imine (C=N–C) groups is 1. The highest BCUT2D eigenvalue weighted by Gasteiger charge is 2.32. The average molecular weight is 260 g/mol. The smallest absolute Gasteiger partial charge is 0.206 e. The number of carbonyl (C=O) groups excluding carboxylic acids is 1. The van der Waals surface area contributed by atoms with Gasteiger partial charge in [0.15, 0.2) is 6.17 Å². The lowest BCUT2D eigenvalue weighted by atomic mass is 9.95. The lowest BCUT2D eigenvalue weighted by Crippen LogP contribution is -2.27. The second-order valence-corrected chi connectivity index (χ2v) is 3.66. The minimum atomic E-state index is -1.51. The maximum Gasteiger partial charge on any atom is 0.206 e. The summed E-state index contributed by atoms with van der Waals surface area (Å²) in [6, 6.07) is 0. The van der Waals surface area contributed by atoms with E-state index >= 15 is 0 Å². The van der Waals surface area contributed by atoms with E-state index in [2.05, 4.69) is 20.9 Å². The number of hydrogen-bond acceptors (Lipinski definition) is 2. The van der Waals surface area contributed by atoms with E-state index in [-0.39, 0.29) is 15.8 Å². The first-order chi connectivity index (χ1) is 6.61. The molecule has 1 atom stereocenters. The van der Waals surface area contributed by atoms with Crippen LogP contribution in [0.15, 0.2) is 39.2 Å². The molecular weight excluding hydrogens is 256 g/mol. The van der Waals surface area contributed by atoms with Gasteiger partial charge in [0.25, 0.3) is 0 Å². The van der Waals surface area contributed by atoms with E-state index in [1.807, 2.05) is 0 Å². The van der Waals surface area contributed by atoms with Crippen LogP contribution < -0.4 is 0 Å². The summed E-state index contributed by atoms with van der Waals surface area (Å²) >= 11 is 2.92. The molecule has 0 radical (unpaired) electrons. The van der Waals surface area contributed by atoms with E-state index in [4.69, 9.17) is 0 Å². The Hall–Kier alpha value is -1.10. The Balaban J connectivity index is 2.61. The fourth-order valence-corrected chi connectivity index (χ4v) is 1.57. The van der Waals surface area contributed by atoms with Gasteiger partial charge in [-0.2, -0.15) is 0 Å². The average Bonchev–Trinajstić information content (AvgIpc) is 2.16. The van der Waals surface area contributed by atoms with E-state index in [0.717, 1.165) is 12.2 Å². The van der Waals surface area contributed by atoms with Crippen molar-refractivity contribution in [3.05, 3.63) is 34.2 Å². The predicted molar refractivity (Wildman–Crippen MR) is 51.6 cm³/mol. The number of fused-ring (bicyclic) bond motifs is 1. The molecular formula is C9H4BrF2NO. The van der Waals surface area contributed by atoms with Gasteiger partial charge in [-0.25, -0.2) is 8.78 Å². The molecule has 0 amide bonds. The van der Waals surface area contributed by atoms with Crippen LogP contribution in [0.4, 0.5) is 8.78 Å². The first kappa shape index (κ1) is 9.45. The Morgan fingerprint density at radius 2 is 2.21 bits per heavy atom. The zero-order chi connectivity index (χ0) is 10.3. The van der Waals surface area contributed by atoms with Crippen LogP contribution in [0.5, 0.6) is 0 Å². The molecule has 0 N–H and O–H groups in total. The van der Waals surface area contributed by atoms with Gasteiger partial charge in [0.2, 0.25) is 5.78 Å². The molecule has 1 aliphatic carbocycles. The normalized spacial score (nSPS) is 25.9. The van der Waals surface area contributed by atoms with Crippen molar-refractivity contribution >= 4 is 27.4 Å². The van der Waals surface area contributed by atoms with Crippen LogP contribution in [0.1, 0.15) is 0 Å². The Morgan fingerprint density at radius 3 is 2.93 bits per heavy atom. The molecule has 0 saturated carbocycles. The van der Waals surface area contributed by atoms with Gasteiger partial charge in [-0.15, -0.1) is 0 Å². The van der Waals surface area contributed by atoms with Gasteiger partial charge in [0, 0.05) is 6.20 Å². The molecule has 14 heavy (non-hydrogen) atoms. The van der Waals surface area contributed by atoms with Crippen LogP contribution in [-0.4, -0.2) is 17.7 Å². The summed E-state index contributed by atoms with van der Waals surface area (Å²) in [6.07, 6.45) is 1.64. The molecule has 2 rings (SSSR count). The third-order valence-electron chi connectivity index (χ3n) is 1.93. The Morgan fingerprint density at radius 1 is 1.50 bits per heavy atom. The van der Waals surface area contributed by atoms with Gasteiger partial charge in [0.1, 0.15) is 5.83 Å². The second kappa shape index (κ2) is 3.24.